The molecular weight excluding hydrogens is 348 g/mol. The lowest BCUT2D eigenvalue weighted by molar-refractivity contribution is -0.0191. The summed E-state index contributed by atoms with van der Waals surface area (Å²) in [6.45, 7) is 23.6. The maximum absolute atomic E-state index is 11.4. The smallest absolute Gasteiger partial charge is 0.191 e. The molecule has 0 heterocycles. The second kappa shape index (κ2) is 9.18. The Labute approximate surface area is 167 Å². The SMILES string of the molecule is C=CCC(CCO[Si](C)(C)C(C)(C)C)(Cc1ccccc1)C(O)(C=C)C=C. The lowest BCUT2D eigenvalue weighted by Gasteiger charge is -2.45. The van der Waals surface area contributed by atoms with Crippen LogP contribution in [0.25, 0.3) is 0 Å². The molecule has 1 aromatic rings. The number of allylic oxidation sites excluding steroid dienone is 1. The molecule has 1 rings (SSSR count). The summed E-state index contributed by atoms with van der Waals surface area (Å²) in [4.78, 5) is 0. The average Bonchev–Trinajstić information content (AvgIpc) is 2.60. The molecule has 2 nitrogen and oxygen atoms in total. The van der Waals surface area contributed by atoms with Gasteiger partial charge in [0.25, 0.3) is 0 Å². The van der Waals surface area contributed by atoms with Gasteiger partial charge < -0.3 is 9.53 Å². The number of aliphatic hydroxyl groups is 1. The fourth-order valence-electron chi connectivity index (χ4n) is 3.27. The van der Waals surface area contributed by atoms with Crippen LogP contribution in [0, 0.1) is 5.41 Å². The summed E-state index contributed by atoms with van der Waals surface area (Å²) in [5.41, 5.74) is -0.524. The zero-order chi connectivity index (χ0) is 20.8. The highest BCUT2D eigenvalue weighted by Gasteiger charge is 2.46. The molecule has 0 aliphatic rings. The van der Waals surface area contributed by atoms with E-state index in [0.29, 0.717) is 25.9 Å². The van der Waals surface area contributed by atoms with E-state index in [-0.39, 0.29) is 5.04 Å². The van der Waals surface area contributed by atoms with Crippen LogP contribution in [0.1, 0.15) is 39.2 Å². The van der Waals surface area contributed by atoms with Gasteiger partial charge in [-0.2, -0.15) is 0 Å². The first-order valence-electron chi connectivity index (χ1n) is 9.75. The highest BCUT2D eigenvalue weighted by molar-refractivity contribution is 6.74. The van der Waals surface area contributed by atoms with Gasteiger partial charge in [0.2, 0.25) is 0 Å². The molecule has 27 heavy (non-hydrogen) atoms. The van der Waals surface area contributed by atoms with Crippen LogP contribution in [0.5, 0.6) is 0 Å². The molecule has 0 aromatic heterocycles. The lowest BCUT2D eigenvalue weighted by atomic mass is 9.64. The predicted molar refractivity (Wildman–Crippen MR) is 121 cm³/mol. The molecule has 1 aromatic carbocycles. The molecule has 0 amide bonds. The highest BCUT2D eigenvalue weighted by atomic mass is 28.4. The maximum atomic E-state index is 11.4. The minimum Gasteiger partial charge on any atom is -0.417 e. The Morgan fingerprint density at radius 1 is 1.04 bits per heavy atom. The van der Waals surface area contributed by atoms with Crippen molar-refractivity contribution in [3.05, 3.63) is 73.9 Å². The second-order valence-corrected chi connectivity index (χ2v) is 13.8. The molecular formula is C24H38O2Si. The fraction of sp³-hybridized carbons (Fsp3) is 0.500. The number of benzene rings is 1. The summed E-state index contributed by atoms with van der Waals surface area (Å²) < 4.78 is 6.44. The molecule has 1 N–H and O–H groups in total. The maximum Gasteiger partial charge on any atom is 0.191 e. The molecule has 0 fully saturated rings. The quantitative estimate of drug-likeness (QED) is 0.357. The van der Waals surface area contributed by atoms with Gasteiger partial charge >= 0.3 is 0 Å². The van der Waals surface area contributed by atoms with Crippen molar-refractivity contribution in [1.82, 2.24) is 0 Å². The van der Waals surface area contributed by atoms with Crippen LogP contribution in [-0.4, -0.2) is 25.6 Å². The Bertz CT molecular complexity index is 620. The number of rotatable bonds is 11. The van der Waals surface area contributed by atoms with Gasteiger partial charge in [0.05, 0.1) is 0 Å². The highest BCUT2D eigenvalue weighted by Crippen LogP contribution is 2.45. The summed E-state index contributed by atoms with van der Waals surface area (Å²) in [5.74, 6) is 0. The van der Waals surface area contributed by atoms with Gasteiger partial charge in [-0.05, 0) is 43.0 Å². The van der Waals surface area contributed by atoms with Crippen molar-refractivity contribution in [1.29, 1.82) is 0 Å². The van der Waals surface area contributed by atoms with E-state index in [1.807, 2.05) is 24.3 Å². The van der Waals surface area contributed by atoms with Crippen molar-refractivity contribution in [3.63, 3.8) is 0 Å². The van der Waals surface area contributed by atoms with Gasteiger partial charge in [0.1, 0.15) is 5.60 Å². The molecule has 1 atom stereocenters. The summed E-state index contributed by atoms with van der Waals surface area (Å²) in [5, 5.41) is 11.5. The molecule has 0 saturated carbocycles. The summed E-state index contributed by atoms with van der Waals surface area (Å²) in [6, 6.07) is 10.3. The Hall–Kier alpha value is -1.42. The Kier molecular flexibility index (Phi) is 8.03. The predicted octanol–water partition coefficient (Wildman–Crippen LogP) is 6.31. The van der Waals surface area contributed by atoms with Crippen molar-refractivity contribution < 1.29 is 9.53 Å². The first-order chi connectivity index (χ1) is 12.5. The topological polar surface area (TPSA) is 29.5 Å². The number of hydrogen-bond acceptors (Lipinski definition) is 2. The van der Waals surface area contributed by atoms with Gasteiger partial charge in [0, 0.05) is 12.0 Å². The molecule has 3 heteroatoms. The molecule has 150 valence electrons. The molecule has 0 saturated heterocycles. The standard InChI is InChI=1S/C24H38O2Si/c1-9-17-23(24(25,10-2)11-3,20-21-15-13-12-14-16-21)18-19-26-27(7,8)22(4,5)6/h9-16,25H,1-3,17-20H2,4-8H3. The largest absolute Gasteiger partial charge is 0.417 e. The van der Waals surface area contributed by atoms with Gasteiger partial charge in [-0.25, -0.2) is 0 Å². The van der Waals surface area contributed by atoms with Gasteiger partial charge in [-0.1, -0.05) is 82.5 Å². The van der Waals surface area contributed by atoms with Crippen LogP contribution in [0.3, 0.4) is 0 Å². The normalized spacial score (nSPS) is 15.0. The third-order valence-corrected chi connectivity index (χ3v) is 10.8. The van der Waals surface area contributed by atoms with E-state index < -0.39 is 19.3 Å². The second-order valence-electron chi connectivity index (χ2n) is 9.03. The van der Waals surface area contributed by atoms with E-state index in [1.165, 1.54) is 5.56 Å². The van der Waals surface area contributed by atoms with E-state index in [4.69, 9.17) is 4.43 Å². The molecule has 0 aliphatic heterocycles. The van der Waals surface area contributed by atoms with Crippen LogP contribution >= 0.6 is 0 Å². The van der Waals surface area contributed by atoms with E-state index in [1.54, 1.807) is 12.2 Å². The first kappa shape index (κ1) is 23.6. The van der Waals surface area contributed by atoms with E-state index >= 15 is 0 Å². The Morgan fingerprint density at radius 2 is 1.59 bits per heavy atom. The van der Waals surface area contributed by atoms with E-state index in [0.717, 1.165) is 0 Å². The fourth-order valence-corrected chi connectivity index (χ4v) is 4.31. The van der Waals surface area contributed by atoms with Crippen LogP contribution in [-0.2, 0) is 10.8 Å². The first-order valence-corrected chi connectivity index (χ1v) is 12.7. The van der Waals surface area contributed by atoms with E-state index in [9.17, 15) is 5.11 Å². The van der Waals surface area contributed by atoms with Crippen LogP contribution in [0.2, 0.25) is 18.1 Å². The Balaban J connectivity index is 3.21. The molecule has 0 radical (unpaired) electrons. The van der Waals surface area contributed by atoms with Gasteiger partial charge in [-0.3, -0.25) is 0 Å². The molecule has 0 spiro atoms. The third-order valence-electron chi connectivity index (χ3n) is 6.24. The van der Waals surface area contributed by atoms with Crippen molar-refractivity contribution >= 4 is 8.32 Å². The van der Waals surface area contributed by atoms with Crippen LogP contribution < -0.4 is 0 Å². The van der Waals surface area contributed by atoms with Crippen molar-refractivity contribution in [2.45, 2.75) is 63.8 Å². The van der Waals surface area contributed by atoms with Crippen molar-refractivity contribution in [3.8, 4) is 0 Å². The lowest BCUT2D eigenvalue weighted by Crippen LogP contribution is -2.49. The van der Waals surface area contributed by atoms with Crippen LogP contribution in [0.4, 0.5) is 0 Å². The Morgan fingerprint density at radius 3 is 2.04 bits per heavy atom. The van der Waals surface area contributed by atoms with Crippen molar-refractivity contribution in [2.24, 2.45) is 5.41 Å². The zero-order valence-electron chi connectivity index (χ0n) is 17.9. The van der Waals surface area contributed by atoms with Gasteiger partial charge in [0.15, 0.2) is 8.32 Å². The minimum atomic E-state index is -1.86. The minimum absolute atomic E-state index is 0.153. The summed E-state index contributed by atoms with van der Waals surface area (Å²) in [7, 11) is -1.86. The van der Waals surface area contributed by atoms with Crippen LogP contribution in [0.15, 0.2) is 68.3 Å². The third kappa shape index (κ3) is 5.53. The monoisotopic (exact) mass is 386 g/mol. The van der Waals surface area contributed by atoms with Crippen molar-refractivity contribution in [2.75, 3.05) is 6.61 Å². The molecule has 0 bridgehead atoms. The molecule has 0 aliphatic carbocycles. The van der Waals surface area contributed by atoms with Gasteiger partial charge in [-0.15, -0.1) is 6.58 Å². The average molecular weight is 387 g/mol. The summed E-state index contributed by atoms with van der Waals surface area (Å²) in [6.07, 6.45) is 7.16. The summed E-state index contributed by atoms with van der Waals surface area (Å²) >= 11 is 0. The zero-order valence-corrected chi connectivity index (χ0v) is 18.9. The van der Waals surface area contributed by atoms with E-state index in [2.05, 4.69) is 65.7 Å². The molecule has 1 unspecified atom stereocenters. The number of hydrogen-bond donors (Lipinski definition) is 1.